The summed E-state index contributed by atoms with van der Waals surface area (Å²) in [6.07, 6.45) is 2.93. The quantitative estimate of drug-likeness (QED) is 0.706. The Kier molecular flexibility index (Phi) is 6.36. The molecule has 4 rings (SSSR count). The highest BCUT2D eigenvalue weighted by molar-refractivity contribution is 5.85. The first-order valence-electron chi connectivity index (χ1n) is 11.7. The number of piperidine rings is 1. The number of halogens is 1. The largest absolute Gasteiger partial charge is 0.353 e. The molecule has 0 bridgehead atoms. The molecule has 2 aromatic rings. The number of amides is 2. The number of benzene rings is 2. The van der Waals surface area contributed by atoms with E-state index in [0.29, 0.717) is 43.8 Å². The standard InChI is InChI=1S/C27H33FN2O2/c1-18(2)29-26(32)27(12-14-30(15-13-27)25(31)23-16-19(23)3)17-20-8-10-21(11-9-20)22-6-4-5-7-24(22)28/h4-11,18-19,23H,12-17H2,1-3H3,(H,29,32)/t19-,23-/m0/s1. The summed E-state index contributed by atoms with van der Waals surface area (Å²) in [4.78, 5) is 27.9. The van der Waals surface area contributed by atoms with E-state index >= 15 is 0 Å². The van der Waals surface area contributed by atoms with Gasteiger partial charge in [0.15, 0.2) is 0 Å². The summed E-state index contributed by atoms with van der Waals surface area (Å²) < 4.78 is 14.1. The Bertz CT molecular complexity index is 977. The van der Waals surface area contributed by atoms with Crippen LogP contribution in [0.1, 0.15) is 45.6 Å². The Labute approximate surface area is 190 Å². The van der Waals surface area contributed by atoms with Crippen molar-refractivity contribution in [1.82, 2.24) is 10.2 Å². The van der Waals surface area contributed by atoms with Crippen LogP contribution in [-0.2, 0) is 16.0 Å². The molecule has 2 aromatic carbocycles. The van der Waals surface area contributed by atoms with Crippen LogP contribution >= 0.6 is 0 Å². The lowest BCUT2D eigenvalue weighted by atomic mass is 9.72. The minimum Gasteiger partial charge on any atom is -0.353 e. The zero-order valence-corrected chi connectivity index (χ0v) is 19.2. The first-order valence-corrected chi connectivity index (χ1v) is 11.7. The summed E-state index contributed by atoms with van der Waals surface area (Å²) in [5, 5.41) is 3.11. The van der Waals surface area contributed by atoms with Crippen molar-refractivity contribution in [3.05, 3.63) is 59.9 Å². The molecule has 1 saturated heterocycles. The summed E-state index contributed by atoms with van der Waals surface area (Å²) in [6, 6.07) is 14.7. The summed E-state index contributed by atoms with van der Waals surface area (Å²) >= 11 is 0. The van der Waals surface area contributed by atoms with Gasteiger partial charge < -0.3 is 10.2 Å². The Morgan fingerprint density at radius 1 is 1.09 bits per heavy atom. The number of carbonyl (C=O) groups excluding carboxylic acids is 2. The van der Waals surface area contributed by atoms with E-state index in [-0.39, 0.29) is 29.6 Å². The van der Waals surface area contributed by atoms with E-state index in [1.807, 2.05) is 49.1 Å². The number of rotatable bonds is 6. The second-order valence-electron chi connectivity index (χ2n) is 9.91. The van der Waals surface area contributed by atoms with Gasteiger partial charge in [-0.2, -0.15) is 0 Å². The molecule has 0 aromatic heterocycles. The molecule has 0 unspecified atom stereocenters. The average molecular weight is 437 g/mol. The molecule has 1 aliphatic carbocycles. The second-order valence-corrected chi connectivity index (χ2v) is 9.91. The van der Waals surface area contributed by atoms with Crippen LogP contribution < -0.4 is 5.32 Å². The lowest BCUT2D eigenvalue weighted by Crippen LogP contribution is -2.52. The zero-order chi connectivity index (χ0) is 22.9. The van der Waals surface area contributed by atoms with E-state index in [1.54, 1.807) is 12.1 Å². The molecular formula is C27H33FN2O2. The third-order valence-corrected chi connectivity index (χ3v) is 7.04. The summed E-state index contributed by atoms with van der Waals surface area (Å²) in [5.41, 5.74) is 1.92. The normalized spacial score (nSPS) is 22.0. The van der Waals surface area contributed by atoms with Gasteiger partial charge in [-0.15, -0.1) is 0 Å². The second kappa shape index (κ2) is 9.05. The molecule has 2 aliphatic rings. The fourth-order valence-corrected chi connectivity index (χ4v) is 4.84. The monoisotopic (exact) mass is 436 g/mol. The summed E-state index contributed by atoms with van der Waals surface area (Å²) in [6.45, 7) is 7.32. The predicted molar refractivity (Wildman–Crippen MR) is 124 cm³/mol. The third kappa shape index (κ3) is 4.72. The van der Waals surface area contributed by atoms with Gasteiger partial charge in [-0.05, 0) is 62.6 Å². The van der Waals surface area contributed by atoms with Gasteiger partial charge in [0.1, 0.15) is 5.82 Å². The third-order valence-electron chi connectivity index (χ3n) is 7.04. The number of likely N-dealkylation sites (tertiary alicyclic amines) is 1. The Hall–Kier alpha value is -2.69. The molecule has 4 nitrogen and oxygen atoms in total. The molecule has 1 saturated carbocycles. The van der Waals surface area contributed by atoms with E-state index in [2.05, 4.69) is 12.2 Å². The molecule has 0 spiro atoms. The smallest absolute Gasteiger partial charge is 0.226 e. The molecule has 32 heavy (non-hydrogen) atoms. The van der Waals surface area contributed by atoms with Crippen molar-refractivity contribution >= 4 is 11.8 Å². The molecule has 0 radical (unpaired) electrons. The first kappa shape index (κ1) is 22.5. The van der Waals surface area contributed by atoms with Crippen LogP contribution in [0.25, 0.3) is 11.1 Å². The number of carbonyl (C=O) groups is 2. The molecular weight excluding hydrogens is 403 g/mol. The predicted octanol–water partition coefficient (Wildman–Crippen LogP) is 4.82. The van der Waals surface area contributed by atoms with Gasteiger partial charge in [-0.3, -0.25) is 9.59 Å². The maximum atomic E-state index is 14.1. The summed E-state index contributed by atoms with van der Waals surface area (Å²) in [5.74, 6) is 0.751. The molecule has 1 aliphatic heterocycles. The molecule has 1 N–H and O–H groups in total. The number of nitrogens with one attached hydrogen (secondary N) is 1. The molecule has 170 valence electrons. The minimum atomic E-state index is -0.532. The van der Waals surface area contributed by atoms with Crippen molar-refractivity contribution in [2.75, 3.05) is 13.1 Å². The van der Waals surface area contributed by atoms with Crippen molar-refractivity contribution in [1.29, 1.82) is 0 Å². The van der Waals surface area contributed by atoms with Crippen LogP contribution in [-0.4, -0.2) is 35.8 Å². The first-order chi connectivity index (χ1) is 15.3. The van der Waals surface area contributed by atoms with Crippen molar-refractivity contribution in [2.45, 2.75) is 52.5 Å². The van der Waals surface area contributed by atoms with Crippen LogP contribution in [0.2, 0.25) is 0 Å². The van der Waals surface area contributed by atoms with E-state index in [4.69, 9.17) is 0 Å². The van der Waals surface area contributed by atoms with Crippen LogP contribution in [0, 0.1) is 23.1 Å². The number of hydrogen-bond donors (Lipinski definition) is 1. The number of hydrogen-bond acceptors (Lipinski definition) is 2. The van der Waals surface area contributed by atoms with Crippen molar-refractivity contribution in [3.8, 4) is 11.1 Å². The Balaban J connectivity index is 1.51. The van der Waals surface area contributed by atoms with Crippen LogP contribution in [0.3, 0.4) is 0 Å². The highest BCUT2D eigenvalue weighted by Crippen LogP contribution is 2.42. The van der Waals surface area contributed by atoms with Gasteiger partial charge in [0.05, 0.1) is 5.41 Å². The van der Waals surface area contributed by atoms with Crippen molar-refractivity contribution < 1.29 is 14.0 Å². The lowest BCUT2D eigenvalue weighted by molar-refractivity contribution is -0.141. The molecule has 2 atom stereocenters. The summed E-state index contributed by atoms with van der Waals surface area (Å²) in [7, 11) is 0. The van der Waals surface area contributed by atoms with Crippen LogP contribution in [0.15, 0.2) is 48.5 Å². The molecule has 5 heteroatoms. The maximum Gasteiger partial charge on any atom is 0.226 e. The topological polar surface area (TPSA) is 49.4 Å². The van der Waals surface area contributed by atoms with Crippen molar-refractivity contribution in [2.24, 2.45) is 17.3 Å². The fraction of sp³-hybridized carbons (Fsp3) is 0.481. The SMILES string of the molecule is CC(C)NC(=O)C1(Cc2ccc(-c3ccccc3F)cc2)CCN(C(=O)[C@H]2C[C@@H]2C)CC1. The van der Waals surface area contributed by atoms with Crippen molar-refractivity contribution in [3.63, 3.8) is 0 Å². The average Bonchev–Trinajstić information content (AvgIpc) is 3.51. The van der Waals surface area contributed by atoms with Gasteiger partial charge in [-0.1, -0.05) is 49.4 Å². The maximum absolute atomic E-state index is 14.1. The van der Waals surface area contributed by atoms with Gasteiger partial charge in [-0.25, -0.2) is 4.39 Å². The van der Waals surface area contributed by atoms with Gasteiger partial charge in [0.25, 0.3) is 0 Å². The van der Waals surface area contributed by atoms with E-state index < -0.39 is 5.41 Å². The fourth-order valence-electron chi connectivity index (χ4n) is 4.84. The molecule has 2 amide bonds. The molecule has 1 heterocycles. The van der Waals surface area contributed by atoms with Crippen LogP contribution in [0.5, 0.6) is 0 Å². The van der Waals surface area contributed by atoms with E-state index in [9.17, 15) is 14.0 Å². The molecule has 2 fully saturated rings. The lowest BCUT2D eigenvalue weighted by Gasteiger charge is -2.41. The highest BCUT2D eigenvalue weighted by Gasteiger charge is 2.46. The van der Waals surface area contributed by atoms with E-state index in [0.717, 1.165) is 17.5 Å². The highest BCUT2D eigenvalue weighted by atomic mass is 19.1. The van der Waals surface area contributed by atoms with Crippen LogP contribution in [0.4, 0.5) is 4.39 Å². The van der Waals surface area contributed by atoms with E-state index in [1.165, 1.54) is 6.07 Å². The van der Waals surface area contributed by atoms with Gasteiger partial charge in [0.2, 0.25) is 11.8 Å². The van der Waals surface area contributed by atoms with Gasteiger partial charge in [0, 0.05) is 30.6 Å². The zero-order valence-electron chi connectivity index (χ0n) is 19.2. The number of nitrogens with zero attached hydrogens (tertiary/aromatic N) is 1. The minimum absolute atomic E-state index is 0.0646. The Morgan fingerprint density at radius 3 is 2.28 bits per heavy atom. The van der Waals surface area contributed by atoms with Gasteiger partial charge >= 0.3 is 0 Å². The Morgan fingerprint density at radius 2 is 1.72 bits per heavy atom.